The van der Waals surface area contributed by atoms with E-state index in [1.54, 1.807) is 0 Å². The SMILES string of the molecule is CN(Cc1ccn(C2CNC2)n1)Cc1cnc2ccc(Cl)cn12.O=C(O)C(F)(F)F. The monoisotopic (exact) mass is 444 g/mol. The van der Waals surface area contributed by atoms with E-state index in [4.69, 9.17) is 21.5 Å². The zero-order valence-corrected chi connectivity index (χ0v) is 16.7. The van der Waals surface area contributed by atoms with Crippen LogP contribution in [0.3, 0.4) is 0 Å². The van der Waals surface area contributed by atoms with Crippen LogP contribution >= 0.6 is 11.6 Å². The number of carbonyl (C=O) groups is 1. The van der Waals surface area contributed by atoms with Gasteiger partial charge in [-0.2, -0.15) is 18.3 Å². The number of halogens is 4. The maximum atomic E-state index is 10.6. The number of hydrogen-bond donors (Lipinski definition) is 2. The van der Waals surface area contributed by atoms with E-state index in [1.165, 1.54) is 0 Å². The molecule has 8 nitrogen and oxygen atoms in total. The fourth-order valence-electron chi connectivity index (χ4n) is 2.86. The molecule has 0 saturated carbocycles. The second-order valence-corrected chi connectivity index (χ2v) is 7.34. The van der Waals surface area contributed by atoms with Gasteiger partial charge in [-0.05, 0) is 25.2 Å². The predicted molar refractivity (Wildman–Crippen MR) is 103 cm³/mol. The van der Waals surface area contributed by atoms with E-state index in [0.29, 0.717) is 11.1 Å². The number of carboxylic acid groups (broad SMARTS) is 1. The number of carboxylic acids is 1. The Balaban J connectivity index is 0.000000318. The van der Waals surface area contributed by atoms with Gasteiger partial charge in [-0.15, -0.1) is 0 Å². The minimum Gasteiger partial charge on any atom is -0.475 e. The Bertz CT molecular complexity index is 1010. The van der Waals surface area contributed by atoms with Crippen LogP contribution in [0.5, 0.6) is 0 Å². The standard InChI is InChI=1S/C16H19ClN6.C2HF3O2/c1-21(10-13-4-5-23(20-13)14-6-18-7-14)11-15-8-19-16-3-2-12(17)9-22(15)16;3-2(4,5)1(6)7/h2-5,8-9,14,18H,6-7,10-11H2,1H3;(H,6,7). The fraction of sp³-hybridized carbons (Fsp3) is 0.389. The third-order valence-corrected chi connectivity index (χ3v) is 4.67. The van der Waals surface area contributed by atoms with E-state index in [1.807, 2.05) is 28.9 Å². The zero-order chi connectivity index (χ0) is 21.9. The molecule has 30 heavy (non-hydrogen) atoms. The molecule has 1 saturated heterocycles. The van der Waals surface area contributed by atoms with Crippen LogP contribution in [0.25, 0.3) is 5.65 Å². The minimum atomic E-state index is -5.08. The van der Waals surface area contributed by atoms with Crippen molar-refractivity contribution in [2.75, 3.05) is 20.1 Å². The summed E-state index contributed by atoms with van der Waals surface area (Å²) in [5, 5.41) is 15.8. The van der Waals surface area contributed by atoms with Crippen molar-refractivity contribution in [1.82, 2.24) is 29.4 Å². The molecule has 2 N–H and O–H groups in total. The number of aliphatic carboxylic acids is 1. The summed E-state index contributed by atoms with van der Waals surface area (Å²) in [6.07, 6.45) is 0.800. The van der Waals surface area contributed by atoms with Gasteiger partial charge in [-0.1, -0.05) is 11.6 Å². The third kappa shape index (κ3) is 5.49. The van der Waals surface area contributed by atoms with Gasteiger partial charge in [0.25, 0.3) is 0 Å². The third-order valence-electron chi connectivity index (χ3n) is 4.45. The highest BCUT2D eigenvalue weighted by Crippen LogP contribution is 2.16. The van der Waals surface area contributed by atoms with E-state index in [0.717, 1.165) is 43.2 Å². The largest absolute Gasteiger partial charge is 0.490 e. The molecule has 12 heteroatoms. The van der Waals surface area contributed by atoms with Gasteiger partial charge in [0, 0.05) is 38.6 Å². The number of fused-ring (bicyclic) bond motifs is 1. The Morgan fingerprint density at radius 1 is 1.33 bits per heavy atom. The first-order valence-corrected chi connectivity index (χ1v) is 9.36. The van der Waals surface area contributed by atoms with Crippen molar-refractivity contribution in [2.24, 2.45) is 0 Å². The summed E-state index contributed by atoms with van der Waals surface area (Å²) in [5.41, 5.74) is 3.12. The van der Waals surface area contributed by atoms with Gasteiger partial charge in [0.2, 0.25) is 0 Å². The quantitative estimate of drug-likeness (QED) is 0.629. The topological polar surface area (TPSA) is 87.7 Å². The minimum absolute atomic E-state index is 0.509. The molecule has 0 aromatic carbocycles. The lowest BCUT2D eigenvalue weighted by Crippen LogP contribution is -2.43. The van der Waals surface area contributed by atoms with Crippen molar-refractivity contribution in [3.05, 3.63) is 53.2 Å². The molecule has 0 radical (unpaired) electrons. The number of imidazole rings is 1. The average molecular weight is 445 g/mol. The molecule has 0 amide bonds. The average Bonchev–Trinajstić information content (AvgIpc) is 3.20. The van der Waals surface area contributed by atoms with E-state index in [2.05, 4.69) is 44.3 Å². The second-order valence-electron chi connectivity index (χ2n) is 6.90. The summed E-state index contributed by atoms with van der Waals surface area (Å²) in [6, 6.07) is 6.40. The highest BCUT2D eigenvalue weighted by molar-refractivity contribution is 6.30. The Morgan fingerprint density at radius 3 is 2.63 bits per heavy atom. The summed E-state index contributed by atoms with van der Waals surface area (Å²) < 4.78 is 35.8. The fourth-order valence-corrected chi connectivity index (χ4v) is 3.02. The Hall–Kier alpha value is -2.63. The van der Waals surface area contributed by atoms with Gasteiger partial charge >= 0.3 is 12.1 Å². The molecule has 0 bridgehead atoms. The van der Waals surface area contributed by atoms with Crippen molar-refractivity contribution in [3.63, 3.8) is 0 Å². The van der Waals surface area contributed by atoms with Crippen molar-refractivity contribution >= 4 is 23.2 Å². The number of nitrogens with zero attached hydrogens (tertiary/aromatic N) is 5. The normalized spacial score (nSPS) is 14.5. The highest BCUT2D eigenvalue weighted by atomic mass is 35.5. The molecule has 4 rings (SSSR count). The number of aromatic nitrogens is 4. The van der Waals surface area contributed by atoms with Gasteiger partial charge in [0.15, 0.2) is 0 Å². The molecule has 1 aliphatic rings. The summed E-state index contributed by atoms with van der Waals surface area (Å²) in [5.74, 6) is -2.76. The van der Waals surface area contributed by atoms with E-state index < -0.39 is 12.1 Å². The van der Waals surface area contributed by atoms with E-state index in [-0.39, 0.29) is 0 Å². The van der Waals surface area contributed by atoms with Crippen molar-refractivity contribution in [2.45, 2.75) is 25.3 Å². The molecule has 4 heterocycles. The van der Waals surface area contributed by atoms with Gasteiger partial charge < -0.3 is 14.8 Å². The van der Waals surface area contributed by atoms with Crippen LogP contribution in [-0.4, -0.2) is 61.5 Å². The predicted octanol–water partition coefficient (Wildman–Crippen LogP) is 2.59. The van der Waals surface area contributed by atoms with Crippen LogP contribution < -0.4 is 5.32 Å². The Morgan fingerprint density at radius 2 is 2.03 bits per heavy atom. The van der Waals surface area contributed by atoms with E-state index >= 15 is 0 Å². The number of hydrogen-bond acceptors (Lipinski definition) is 5. The first-order valence-electron chi connectivity index (χ1n) is 8.98. The maximum absolute atomic E-state index is 10.6. The molecule has 0 atom stereocenters. The molecule has 0 aliphatic carbocycles. The molecule has 0 spiro atoms. The lowest BCUT2D eigenvalue weighted by atomic mass is 10.2. The Labute approximate surface area is 174 Å². The molecule has 3 aromatic rings. The van der Waals surface area contributed by atoms with Crippen molar-refractivity contribution in [1.29, 1.82) is 0 Å². The number of pyridine rings is 1. The smallest absolute Gasteiger partial charge is 0.475 e. The maximum Gasteiger partial charge on any atom is 0.490 e. The number of nitrogens with one attached hydrogen (secondary N) is 1. The second kappa shape index (κ2) is 9.02. The number of rotatable bonds is 5. The molecule has 0 unspecified atom stereocenters. The van der Waals surface area contributed by atoms with Crippen molar-refractivity contribution < 1.29 is 23.1 Å². The van der Waals surface area contributed by atoms with Gasteiger partial charge in [0.05, 0.1) is 28.6 Å². The van der Waals surface area contributed by atoms with Gasteiger partial charge in [0.1, 0.15) is 5.65 Å². The van der Waals surface area contributed by atoms with Gasteiger partial charge in [-0.25, -0.2) is 9.78 Å². The van der Waals surface area contributed by atoms with Gasteiger partial charge in [-0.3, -0.25) is 9.58 Å². The molecule has 1 fully saturated rings. The molecule has 1 aliphatic heterocycles. The summed E-state index contributed by atoms with van der Waals surface area (Å²) >= 11 is 6.09. The lowest BCUT2D eigenvalue weighted by molar-refractivity contribution is -0.192. The van der Waals surface area contributed by atoms with Crippen LogP contribution in [0.4, 0.5) is 13.2 Å². The first-order chi connectivity index (χ1) is 14.1. The first kappa shape index (κ1) is 22.1. The molecule has 162 valence electrons. The van der Waals surface area contributed by atoms with E-state index in [9.17, 15) is 13.2 Å². The summed E-state index contributed by atoms with van der Waals surface area (Å²) in [4.78, 5) is 15.5. The Kier molecular flexibility index (Phi) is 6.64. The van der Waals surface area contributed by atoms with Crippen LogP contribution in [0.1, 0.15) is 17.4 Å². The van der Waals surface area contributed by atoms with Crippen LogP contribution in [0.15, 0.2) is 36.8 Å². The summed E-state index contributed by atoms with van der Waals surface area (Å²) in [6.45, 7) is 3.62. The molecular formula is C18H20ClF3N6O2. The van der Waals surface area contributed by atoms with Crippen molar-refractivity contribution in [3.8, 4) is 0 Å². The molecular weight excluding hydrogens is 425 g/mol. The van der Waals surface area contributed by atoms with Crippen LogP contribution in [0.2, 0.25) is 5.02 Å². The highest BCUT2D eigenvalue weighted by Gasteiger charge is 2.38. The lowest BCUT2D eigenvalue weighted by Gasteiger charge is -2.27. The number of alkyl halides is 3. The van der Waals surface area contributed by atoms with Crippen LogP contribution in [0, 0.1) is 0 Å². The van der Waals surface area contributed by atoms with Crippen LogP contribution in [-0.2, 0) is 17.9 Å². The summed E-state index contributed by atoms with van der Waals surface area (Å²) in [7, 11) is 2.09. The zero-order valence-electron chi connectivity index (χ0n) is 16.0. The molecule has 3 aromatic heterocycles.